The summed E-state index contributed by atoms with van der Waals surface area (Å²) in [5.41, 5.74) is 5.01. The van der Waals surface area contributed by atoms with Crippen LogP contribution in [0.15, 0.2) is 24.3 Å². The van der Waals surface area contributed by atoms with Crippen LogP contribution in [0.25, 0.3) is 0 Å². The summed E-state index contributed by atoms with van der Waals surface area (Å²) in [4.78, 5) is 23.4. The maximum Gasteiger partial charge on any atom is 0.252 e. The Morgan fingerprint density at radius 2 is 1.79 bits per heavy atom. The monoisotopic (exact) mass is 282 g/mol. The van der Waals surface area contributed by atoms with Gasteiger partial charge in [0.15, 0.2) is 0 Å². The van der Waals surface area contributed by atoms with Crippen molar-refractivity contribution in [3.63, 3.8) is 0 Å². The molecule has 1 rings (SSSR count). The van der Waals surface area contributed by atoms with Crippen LogP contribution in [0.3, 0.4) is 0 Å². The molecule has 1 aromatic rings. The molecule has 19 heavy (non-hydrogen) atoms. The van der Waals surface area contributed by atoms with Gasteiger partial charge in [0.2, 0.25) is 5.91 Å². The third kappa shape index (κ3) is 4.48. The number of hydrogen-bond acceptors (Lipinski definition) is 3. The second-order valence-electron chi connectivity index (χ2n) is 4.97. The molecule has 0 aromatic heterocycles. The molecule has 0 aliphatic rings. The Morgan fingerprint density at radius 1 is 1.26 bits per heavy atom. The first-order valence-corrected chi connectivity index (χ1v) is 7.47. The molecule has 0 saturated carbocycles. The van der Waals surface area contributed by atoms with Crippen LogP contribution in [0.4, 0.5) is 0 Å². The lowest BCUT2D eigenvalue weighted by atomic mass is 10.0. The second kappa shape index (κ2) is 5.97. The number of hydrogen-bond donors (Lipinski definition) is 2. The van der Waals surface area contributed by atoms with Crippen LogP contribution in [0, 0.1) is 0 Å². The van der Waals surface area contributed by atoms with Gasteiger partial charge in [-0.05, 0) is 26.0 Å². The number of nitrogens with one attached hydrogen (secondary N) is 1. The van der Waals surface area contributed by atoms with Gasteiger partial charge in [-0.25, -0.2) is 0 Å². The van der Waals surface area contributed by atoms with E-state index in [-0.39, 0.29) is 11.1 Å². The van der Waals surface area contributed by atoms with E-state index in [9.17, 15) is 13.8 Å². The van der Waals surface area contributed by atoms with Gasteiger partial charge in [0, 0.05) is 28.3 Å². The molecule has 3 N–H and O–H groups in total. The fourth-order valence-electron chi connectivity index (χ4n) is 1.81. The van der Waals surface area contributed by atoms with Gasteiger partial charge in [0.25, 0.3) is 5.91 Å². The number of primary amides is 1. The molecule has 0 heterocycles. The van der Waals surface area contributed by atoms with E-state index in [1.54, 1.807) is 32.2 Å². The van der Waals surface area contributed by atoms with Crippen molar-refractivity contribution in [1.82, 2.24) is 5.32 Å². The van der Waals surface area contributed by atoms with Crippen molar-refractivity contribution in [2.24, 2.45) is 5.73 Å². The van der Waals surface area contributed by atoms with Gasteiger partial charge in [-0.3, -0.25) is 13.8 Å². The largest absolute Gasteiger partial charge is 0.366 e. The highest BCUT2D eigenvalue weighted by atomic mass is 32.2. The highest BCUT2D eigenvalue weighted by molar-refractivity contribution is 7.84. The SMILES string of the molecule is CS(=O)CC(C)(C)NC(=O)c1ccccc1C(N)=O. The van der Waals surface area contributed by atoms with Crippen molar-refractivity contribution in [1.29, 1.82) is 0 Å². The van der Waals surface area contributed by atoms with Crippen molar-refractivity contribution in [2.45, 2.75) is 19.4 Å². The maximum atomic E-state index is 12.1. The number of nitrogens with two attached hydrogens (primary N) is 1. The first kappa shape index (κ1) is 15.4. The third-order valence-corrected chi connectivity index (χ3v) is 3.58. The molecule has 0 fully saturated rings. The van der Waals surface area contributed by atoms with Gasteiger partial charge < -0.3 is 11.1 Å². The van der Waals surface area contributed by atoms with Crippen LogP contribution in [0.2, 0.25) is 0 Å². The molecule has 0 bridgehead atoms. The zero-order valence-electron chi connectivity index (χ0n) is 11.2. The molecule has 0 aliphatic heterocycles. The summed E-state index contributed by atoms with van der Waals surface area (Å²) in [7, 11) is -1.03. The molecule has 6 heteroatoms. The molecule has 0 saturated heterocycles. The summed E-state index contributed by atoms with van der Waals surface area (Å²) in [6.45, 7) is 3.55. The lowest BCUT2D eigenvalue weighted by Crippen LogP contribution is -2.47. The van der Waals surface area contributed by atoms with Gasteiger partial charge in [-0.1, -0.05) is 12.1 Å². The fraction of sp³-hybridized carbons (Fsp3) is 0.385. The van der Waals surface area contributed by atoms with E-state index in [2.05, 4.69) is 5.32 Å². The average molecular weight is 282 g/mol. The van der Waals surface area contributed by atoms with Crippen molar-refractivity contribution in [3.05, 3.63) is 35.4 Å². The Morgan fingerprint density at radius 3 is 2.26 bits per heavy atom. The Bertz CT molecular complexity index is 526. The quantitative estimate of drug-likeness (QED) is 0.832. The van der Waals surface area contributed by atoms with Crippen molar-refractivity contribution in [2.75, 3.05) is 12.0 Å². The normalized spacial score (nSPS) is 12.8. The topological polar surface area (TPSA) is 89.3 Å². The number of carbonyl (C=O) groups excluding carboxylic acids is 2. The Labute approximate surface area is 115 Å². The summed E-state index contributed by atoms with van der Waals surface area (Å²) in [5, 5.41) is 2.76. The van der Waals surface area contributed by atoms with Crippen LogP contribution < -0.4 is 11.1 Å². The van der Waals surface area contributed by atoms with Crippen molar-refractivity contribution < 1.29 is 13.8 Å². The molecule has 5 nitrogen and oxygen atoms in total. The van der Waals surface area contributed by atoms with Crippen molar-refractivity contribution in [3.8, 4) is 0 Å². The number of benzene rings is 1. The van der Waals surface area contributed by atoms with Gasteiger partial charge in [0.1, 0.15) is 0 Å². The molecule has 0 radical (unpaired) electrons. The number of carbonyl (C=O) groups is 2. The van der Waals surface area contributed by atoms with E-state index in [0.717, 1.165) is 0 Å². The summed E-state index contributed by atoms with van der Waals surface area (Å²) in [6, 6.07) is 6.34. The predicted molar refractivity (Wildman–Crippen MR) is 75.4 cm³/mol. The van der Waals surface area contributed by atoms with E-state index in [0.29, 0.717) is 5.75 Å². The van der Waals surface area contributed by atoms with Crippen LogP contribution in [-0.2, 0) is 10.8 Å². The summed E-state index contributed by atoms with van der Waals surface area (Å²) < 4.78 is 11.2. The Balaban J connectivity index is 2.96. The maximum absolute atomic E-state index is 12.1. The van der Waals surface area contributed by atoms with E-state index >= 15 is 0 Å². The molecule has 104 valence electrons. The first-order valence-electron chi connectivity index (χ1n) is 5.74. The summed E-state index contributed by atoms with van der Waals surface area (Å²) >= 11 is 0. The molecule has 1 aromatic carbocycles. The van der Waals surface area contributed by atoms with Crippen LogP contribution >= 0.6 is 0 Å². The molecule has 1 atom stereocenters. The minimum absolute atomic E-state index is 0.174. The van der Waals surface area contributed by atoms with Gasteiger partial charge in [-0.2, -0.15) is 0 Å². The highest BCUT2D eigenvalue weighted by Crippen LogP contribution is 2.11. The van der Waals surface area contributed by atoms with Crippen LogP contribution in [-0.4, -0.2) is 33.6 Å². The van der Waals surface area contributed by atoms with Crippen LogP contribution in [0.1, 0.15) is 34.6 Å². The summed E-state index contributed by atoms with van der Waals surface area (Å²) in [6.07, 6.45) is 1.57. The van der Waals surface area contributed by atoms with Crippen LogP contribution in [0.5, 0.6) is 0 Å². The standard InChI is InChI=1S/C13H18N2O3S/c1-13(2,8-19(3)18)15-12(17)10-7-5-4-6-9(10)11(14)16/h4-7H,8H2,1-3H3,(H2,14,16)(H,15,17). The van der Waals surface area contributed by atoms with Gasteiger partial charge in [-0.15, -0.1) is 0 Å². The zero-order valence-corrected chi connectivity index (χ0v) is 12.0. The molecule has 0 spiro atoms. The van der Waals surface area contributed by atoms with Gasteiger partial charge in [0.05, 0.1) is 11.1 Å². The predicted octanol–water partition coefficient (Wildman–Crippen LogP) is 0.672. The van der Waals surface area contributed by atoms with E-state index in [1.165, 1.54) is 12.1 Å². The molecule has 0 aliphatic carbocycles. The summed E-state index contributed by atoms with van der Waals surface area (Å²) in [5.74, 6) is -0.718. The van der Waals surface area contributed by atoms with E-state index < -0.39 is 28.2 Å². The molecular weight excluding hydrogens is 264 g/mol. The first-order chi connectivity index (χ1) is 8.73. The molecular formula is C13H18N2O3S. The molecule has 1 unspecified atom stereocenters. The van der Waals surface area contributed by atoms with Crippen molar-refractivity contribution >= 4 is 22.6 Å². The Kier molecular flexibility index (Phi) is 4.83. The zero-order chi connectivity index (χ0) is 14.6. The third-order valence-electron chi connectivity index (χ3n) is 2.45. The fourth-order valence-corrected chi connectivity index (χ4v) is 2.90. The Hall–Kier alpha value is -1.69. The van der Waals surface area contributed by atoms with Gasteiger partial charge >= 0.3 is 0 Å². The number of amides is 2. The van der Waals surface area contributed by atoms with E-state index in [1.807, 2.05) is 0 Å². The minimum atomic E-state index is -1.03. The smallest absolute Gasteiger partial charge is 0.252 e. The second-order valence-corrected chi connectivity index (χ2v) is 6.40. The molecule has 2 amide bonds. The number of rotatable bonds is 5. The minimum Gasteiger partial charge on any atom is -0.366 e. The van der Waals surface area contributed by atoms with E-state index in [4.69, 9.17) is 5.73 Å². The lowest BCUT2D eigenvalue weighted by molar-refractivity contribution is 0.0908. The lowest BCUT2D eigenvalue weighted by Gasteiger charge is -2.25. The highest BCUT2D eigenvalue weighted by Gasteiger charge is 2.24. The average Bonchev–Trinajstić information content (AvgIpc) is 2.26.